The molecule has 2 aromatic carbocycles. The van der Waals surface area contributed by atoms with Gasteiger partial charge in [-0.3, -0.25) is 4.79 Å². The number of hydrogen-bond acceptors (Lipinski definition) is 7. The zero-order valence-corrected chi connectivity index (χ0v) is 22.4. The summed E-state index contributed by atoms with van der Waals surface area (Å²) in [7, 11) is 0. The highest BCUT2D eigenvalue weighted by Crippen LogP contribution is 2.44. The lowest BCUT2D eigenvalue weighted by Gasteiger charge is -2.25. The van der Waals surface area contributed by atoms with Crippen LogP contribution in [-0.4, -0.2) is 39.9 Å². The lowest BCUT2D eigenvalue weighted by atomic mass is 9.93. The van der Waals surface area contributed by atoms with Gasteiger partial charge in [0.1, 0.15) is 17.1 Å². The third-order valence-corrected chi connectivity index (χ3v) is 7.66. The van der Waals surface area contributed by atoms with Crippen LogP contribution >= 0.6 is 22.9 Å². The molecule has 0 unspecified atom stereocenters. The van der Waals surface area contributed by atoms with Crippen LogP contribution in [0, 0.1) is 0 Å². The van der Waals surface area contributed by atoms with E-state index in [1.165, 1.54) is 42.1 Å². The molecule has 208 valence electrons. The number of aliphatic carboxylic acids is 1. The number of nitrogens with zero attached hydrogens (tertiary/aromatic N) is 2. The van der Waals surface area contributed by atoms with Crippen molar-refractivity contribution in [3.05, 3.63) is 82.1 Å². The summed E-state index contributed by atoms with van der Waals surface area (Å²) in [6.45, 7) is 0.497. The molecule has 2 atom stereocenters. The van der Waals surface area contributed by atoms with Crippen LogP contribution in [0.5, 0.6) is 5.88 Å². The van der Waals surface area contributed by atoms with E-state index in [9.17, 15) is 18.0 Å². The summed E-state index contributed by atoms with van der Waals surface area (Å²) >= 11 is 7.33. The van der Waals surface area contributed by atoms with Crippen molar-refractivity contribution in [3.63, 3.8) is 0 Å². The van der Waals surface area contributed by atoms with Crippen molar-refractivity contribution in [2.75, 3.05) is 6.61 Å². The maximum Gasteiger partial charge on any atom is 0.429 e. The van der Waals surface area contributed by atoms with Gasteiger partial charge in [0.15, 0.2) is 0 Å². The molecule has 4 aromatic rings. The number of ether oxygens (including phenoxy) is 2. The smallest absolute Gasteiger partial charge is 0.429 e. The first-order valence-electron chi connectivity index (χ1n) is 12.3. The predicted octanol–water partition coefficient (Wildman–Crippen LogP) is 6.80. The number of allylic oxidation sites excluding steroid dienone is 1. The maximum absolute atomic E-state index is 14.5. The second-order valence-corrected chi connectivity index (χ2v) is 10.6. The molecule has 0 saturated carbocycles. The number of hydrogen-bond donors (Lipinski definition) is 2. The van der Waals surface area contributed by atoms with Crippen molar-refractivity contribution >= 4 is 44.7 Å². The van der Waals surface area contributed by atoms with E-state index in [4.69, 9.17) is 31.9 Å². The highest BCUT2D eigenvalue weighted by Gasteiger charge is 2.45. The van der Waals surface area contributed by atoms with E-state index in [0.717, 1.165) is 11.1 Å². The second-order valence-electron chi connectivity index (χ2n) is 9.24. The Bertz CT molecular complexity index is 1570. The zero-order valence-electron chi connectivity index (χ0n) is 20.8. The summed E-state index contributed by atoms with van der Waals surface area (Å²) in [5.74, 6) is -1.29. The predicted molar refractivity (Wildman–Crippen MR) is 146 cm³/mol. The minimum absolute atomic E-state index is 0.0904. The van der Waals surface area contributed by atoms with Crippen LogP contribution in [0.15, 0.2) is 60.4 Å². The molecule has 12 heteroatoms. The normalized spacial score (nSPS) is 15.3. The van der Waals surface area contributed by atoms with Crippen molar-refractivity contribution in [1.82, 2.24) is 9.97 Å². The van der Waals surface area contributed by atoms with Crippen LogP contribution in [0.4, 0.5) is 13.2 Å². The van der Waals surface area contributed by atoms with Crippen LogP contribution < -0.4 is 10.5 Å². The molecule has 3 heterocycles. The summed E-state index contributed by atoms with van der Waals surface area (Å²) < 4.78 is 54.9. The second kappa shape index (κ2) is 11.4. The minimum Gasteiger partial charge on any atom is -0.501 e. The number of rotatable bonds is 8. The van der Waals surface area contributed by atoms with Crippen LogP contribution in [0.1, 0.15) is 35.6 Å². The molecule has 3 N–H and O–H groups in total. The maximum atomic E-state index is 14.5. The van der Waals surface area contributed by atoms with Gasteiger partial charge < -0.3 is 20.3 Å². The number of benzene rings is 2. The summed E-state index contributed by atoms with van der Waals surface area (Å²) in [6.07, 6.45) is -3.05. The molecule has 0 saturated heterocycles. The molecule has 0 aliphatic carbocycles. The van der Waals surface area contributed by atoms with Gasteiger partial charge in [0.05, 0.1) is 18.4 Å². The van der Waals surface area contributed by atoms with Gasteiger partial charge in [0.25, 0.3) is 0 Å². The first-order valence-corrected chi connectivity index (χ1v) is 13.5. The molecule has 0 bridgehead atoms. The van der Waals surface area contributed by atoms with Gasteiger partial charge in [-0.25, -0.2) is 9.97 Å². The monoisotopic (exact) mass is 589 g/mol. The molecule has 2 aromatic heterocycles. The first-order chi connectivity index (χ1) is 19.1. The number of carboxylic acids is 1. The van der Waals surface area contributed by atoms with Gasteiger partial charge in [-0.2, -0.15) is 13.2 Å². The fourth-order valence-corrected chi connectivity index (χ4v) is 5.63. The molecule has 0 radical (unpaired) electrons. The Labute approximate surface area is 236 Å². The molecule has 0 fully saturated rings. The number of carboxylic acid groups (broad SMARTS) is 1. The third kappa shape index (κ3) is 5.91. The van der Waals surface area contributed by atoms with Crippen LogP contribution in [0.25, 0.3) is 26.9 Å². The summed E-state index contributed by atoms with van der Waals surface area (Å²) in [5, 5.41) is 11.1. The Balaban J connectivity index is 1.50. The number of thiophene rings is 1. The molecule has 1 aliphatic rings. The summed E-state index contributed by atoms with van der Waals surface area (Å²) in [5.41, 5.74) is 9.06. The Morgan fingerprint density at radius 2 is 1.95 bits per heavy atom. The summed E-state index contributed by atoms with van der Waals surface area (Å²) in [4.78, 5) is 19.4. The summed E-state index contributed by atoms with van der Waals surface area (Å²) in [6, 6.07) is 10.3. The quantitative estimate of drug-likeness (QED) is 0.233. The highest BCUT2D eigenvalue weighted by molar-refractivity contribution is 7.18. The van der Waals surface area contributed by atoms with Crippen molar-refractivity contribution in [3.8, 4) is 17.0 Å². The van der Waals surface area contributed by atoms with Gasteiger partial charge in [0.2, 0.25) is 12.0 Å². The van der Waals surface area contributed by atoms with Crippen LogP contribution in [0.3, 0.4) is 0 Å². The molecule has 1 aliphatic heterocycles. The Morgan fingerprint density at radius 1 is 1.18 bits per heavy atom. The lowest BCUT2D eigenvalue weighted by Crippen LogP contribution is -2.32. The van der Waals surface area contributed by atoms with Gasteiger partial charge in [-0.05, 0) is 53.7 Å². The molecule has 40 heavy (non-hydrogen) atoms. The number of fused-ring (bicyclic) bond motifs is 1. The van der Waals surface area contributed by atoms with Gasteiger partial charge in [-0.1, -0.05) is 41.9 Å². The number of alkyl halides is 3. The van der Waals surface area contributed by atoms with Crippen molar-refractivity contribution < 1.29 is 32.5 Å². The average Bonchev–Trinajstić information content (AvgIpc) is 3.37. The highest BCUT2D eigenvalue weighted by atomic mass is 35.5. The molecular weight excluding hydrogens is 567 g/mol. The van der Waals surface area contributed by atoms with E-state index >= 15 is 0 Å². The standard InChI is InChI=1S/C28H23ClF3N3O4S/c29-18-7-8-19(20(11-18)17-2-1-9-38-12-17)25(28(30,31)32)39-26-24-23(34-14-35-26)21(13-40-24)16-5-3-15(4-6-16)10-22(33)27(36)37/h3-8,11-14,22,25H,1-2,9-10,33H2,(H,36,37)/t22-,25+/m0/s1. The third-order valence-electron chi connectivity index (χ3n) is 6.46. The van der Waals surface area contributed by atoms with Gasteiger partial charge >= 0.3 is 12.1 Å². The van der Waals surface area contributed by atoms with E-state index < -0.39 is 24.3 Å². The van der Waals surface area contributed by atoms with Crippen molar-refractivity contribution in [2.24, 2.45) is 5.73 Å². The SMILES string of the molecule is N[C@@H](Cc1ccc(-c2csc3c(O[C@H](c4ccc(Cl)cc4C4=COCCC4)C(F)(F)F)ncnc23)cc1)C(=O)O. The van der Waals surface area contributed by atoms with E-state index in [2.05, 4.69) is 9.97 Å². The van der Waals surface area contributed by atoms with E-state index in [0.29, 0.717) is 51.4 Å². The molecule has 7 nitrogen and oxygen atoms in total. The Morgan fingerprint density at radius 3 is 2.62 bits per heavy atom. The number of nitrogens with two attached hydrogens (primary N) is 1. The van der Waals surface area contributed by atoms with E-state index in [1.54, 1.807) is 29.6 Å². The number of aromatic nitrogens is 2. The molecule has 0 amide bonds. The fraction of sp³-hybridized carbons (Fsp3) is 0.250. The van der Waals surface area contributed by atoms with Crippen molar-refractivity contribution in [2.45, 2.75) is 37.6 Å². The van der Waals surface area contributed by atoms with Gasteiger partial charge in [-0.15, -0.1) is 11.3 Å². The number of carbonyl (C=O) groups is 1. The molecule has 5 rings (SSSR count). The van der Waals surface area contributed by atoms with Crippen LogP contribution in [-0.2, 0) is 16.0 Å². The van der Waals surface area contributed by atoms with Gasteiger partial charge in [0, 0.05) is 21.5 Å². The van der Waals surface area contributed by atoms with Crippen molar-refractivity contribution in [1.29, 1.82) is 0 Å². The molecule has 0 spiro atoms. The largest absolute Gasteiger partial charge is 0.501 e. The lowest BCUT2D eigenvalue weighted by molar-refractivity contribution is -0.198. The van der Waals surface area contributed by atoms with E-state index in [-0.39, 0.29) is 17.9 Å². The minimum atomic E-state index is -4.76. The zero-order chi connectivity index (χ0) is 28.4. The first kappa shape index (κ1) is 27.9. The number of halogens is 4. The van der Waals surface area contributed by atoms with Crippen LogP contribution in [0.2, 0.25) is 5.02 Å². The average molecular weight is 590 g/mol. The topological polar surface area (TPSA) is 108 Å². The Hall–Kier alpha value is -3.67. The Kier molecular flexibility index (Phi) is 7.97. The van der Waals surface area contributed by atoms with E-state index in [1.807, 2.05) is 0 Å². The fourth-order valence-electron chi connectivity index (χ4n) is 4.50. The molecular formula is C28H23ClF3N3O4S.